The molecule has 120 valence electrons. The fourth-order valence-electron chi connectivity index (χ4n) is 2.34. The van der Waals surface area contributed by atoms with Crippen LogP contribution < -0.4 is 0 Å². The Hall–Kier alpha value is -1.47. The van der Waals surface area contributed by atoms with E-state index in [2.05, 4.69) is 0 Å². The van der Waals surface area contributed by atoms with Gasteiger partial charge in [0.2, 0.25) is 0 Å². The second kappa shape index (κ2) is 9.46. The summed E-state index contributed by atoms with van der Waals surface area (Å²) in [4.78, 5) is 38.9. The van der Waals surface area contributed by atoms with Crippen LogP contribution in [-0.4, -0.2) is 46.3 Å². The molecule has 0 aromatic rings. The van der Waals surface area contributed by atoms with Gasteiger partial charge in [0.25, 0.3) is 11.8 Å². The van der Waals surface area contributed by atoms with Gasteiger partial charge in [-0.3, -0.25) is 9.59 Å². The summed E-state index contributed by atoms with van der Waals surface area (Å²) in [5.41, 5.74) is 0. The maximum absolute atomic E-state index is 11.6. The van der Waals surface area contributed by atoms with Crippen molar-refractivity contribution in [2.75, 3.05) is 13.2 Å². The summed E-state index contributed by atoms with van der Waals surface area (Å²) in [6.07, 6.45) is 3.71. The molecule has 0 aromatic heterocycles. The molecule has 7 nitrogen and oxygen atoms in total. The lowest BCUT2D eigenvalue weighted by molar-refractivity contribution is -0.197. The highest BCUT2D eigenvalue weighted by Crippen LogP contribution is 2.19. The van der Waals surface area contributed by atoms with Gasteiger partial charge in [-0.05, 0) is 38.0 Å². The highest BCUT2D eigenvalue weighted by atomic mass is 16.7. The van der Waals surface area contributed by atoms with Crippen LogP contribution in [0.4, 0.5) is 0 Å². The summed E-state index contributed by atoms with van der Waals surface area (Å²) >= 11 is 0. The van der Waals surface area contributed by atoms with Crippen LogP contribution in [0.1, 0.15) is 51.4 Å². The van der Waals surface area contributed by atoms with Crippen LogP contribution in [0, 0.1) is 5.92 Å². The Labute approximate surface area is 123 Å². The standard InChI is InChI=1S/C14H23NO6/c16-9-2-4-11(8-10-17)3-1-5-14(20)21-15-12(18)6-7-13(15)19/h11,16-17H,1-10H2. The third-order valence-electron chi connectivity index (χ3n) is 3.50. The van der Waals surface area contributed by atoms with Gasteiger partial charge in [0.15, 0.2) is 0 Å². The molecule has 0 radical (unpaired) electrons. The molecule has 1 unspecified atom stereocenters. The van der Waals surface area contributed by atoms with Crippen molar-refractivity contribution < 1.29 is 29.4 Å². The second-order valence-corrected chi connectivity index (χ2v) is 5.18. The van der Waals surface area contributed by atoms with Crippen LogP contribution in [0.15, 0.2) is 0 Å². The van der Waals surface area contributed by atoms with Gasteiger partial charge in [0.1, 0.15) is 0 Å². The molecule has 1 saturated heterocycles. The molecule has 0 spiro atoms. The van der Waals surface area contributed by atoms with Gasteiger partial charge in [-0.25, -0.2) is 4.79 Å². The average molecular weight is 301 g/mol. The van der Waals surface area contributed by atoms with Crippen LogP contribution in [0.3, 0.4) is 0 Å². The van der Waals surface area contributed by atoms with Gasteiger partial charge in [-0.15, -0.1) is 5.06 Å². The summed E-state index contributed by atoms with van der Waals surface area (Å²) in [5.74, 6) is -1.29. The number of aliphatic hydroxyl groups is 2. The highest BCUT2D eigenvalue weighted by Gasteiger charge is 2.32. The first-order valence-electron chi connectivity index (χ1n) is 7.36. The lowest BCUT2D eigenvalue weighted by Crippen LogP contribution is -2.32. The zero-order valence-electron chi connectivity index (χ0n) is 12.1. The third-order valence-corrected chi connectivity index (χ3v) is 3.50. The Balaban J connectivity index is 2.25. The van der Waals surface area contributed by atoms with Gasteiger partial charge >= 0.3 is 5.97 Å². The summed E-state index contributed by atoms with van der Waals surface area (Å²) in [6.45, 7) is 0.195. The van der Waals surface area contributed by atoms with Crippen molar-refractivity contribution in [3.63, 3.8) is 0 Å². The molecule has 1 aliphatic rings. The van der Waals surface area contributed by atoms with E-state index in [1.54, 1.807) is 0 Å². The number of carbonyl (C=O) groups excluding carboxylic acids is 3. The van der Waals surface area contributed by atoms with E-state index < -0.39 is 17.8 Å². The number of carbonyl (C=O) groups is 3. The number of amides is 2. The monoisotopic (exact) mass is 301 g/mol. The number of rotatable bonds is 10. The molecule has 2 amide bonds. The normalized spacial score (nSPS) is 16.4. The number of hydroxylamine groups is 2. The zero-order valence-corrected chi connectivity index (χ0v) is 12.1. The van der Waals surface area contributed by atoms with Crippen LogP contribution in [0.25, 0.3) is 0 Å². The summed E-state index contributed by atoms with van der Waals surface area (Å²) < 4.78 is 0. The fourth-order valence-corrected chi connectivity index (χ4v) is 2.34. The predicted molar refractivity (Wildman–Crippen MR) is 72.5 cm³/mol. The third kappa shape index (κ3) is 6.22. The van der Waals surface area contributed by atoms with E-state index in [4.69, 9.17) is 15.1 Å². The van der Waals surface area contributed by atoms with Crippen molar-refractivity contribution in [3.05, 3.63) is 0 Å². The van der Waals surface area contributed by atoms with Crippen molar-refractivity contribution in [1.82, 2.24) is 5.06 Å². The Bertz CT molecular complexity index is 354. The number of aliphatic hydroxyl groups excluding tert-OH is 2. The first kappa shape index (κ1) is 17.6. The van der Waals surface area contributed by atoms with Gasteiger partial charge in [-0.2, -0.15) is 0 Å². The van der Waals surface area contributed by atoms with E-state index in [9.17, 15) is 14.4 Å². The minimum atomic E-state index is -0.594. The largest absolute Gasteiger partial charge is 0.396 e. The zero-order chi connectivity index (χ0) is 15.7. The van der Waals surface area contributed by atoms with Gasteiger partial charge < -0.3 is 15.1 Å². The molecular weight excluding hydrogens is 278 g/mol. The van der Waals surface area contributed by atoms with Crippen molar-refractivity contribution in [2.24, 2.45) is 5.92 Å². The molecule has 2 N–H and O–H groups in total. The van der Waals surface area contributed by atoms with Crippen molar-refractivity contribution >= 4 is 17.8 Å². The molecule has 1 aliphatic heterocycles. The lowest BCUT2D eigenvalue weighted by Gasteiger charge is -2.15. The lowest BCUT2D eigenvalue weighted by atomic mass is 9.94. The fraction of sp³-hybridized carbons (Fsp3) is 0.786. The smallest absolute Gasteiger partial charge is 0.333 e. The first-order chi connectivity index (χ1) is 10.1. The number of hydrogen-bond donors (Lipinski definition) is 2. The number of imide groups is 1. The molecular formula is C14H23NO6. The van der Waals surface area contributed by atoms with E-state index in [-0.39, 0.29) is 38.4 Å². The van der Waals surface area contributed by atoms with Crippen molar-refractivity contribution in [1.29, 1.82) is 0 Å². The minimum absolute atomic E-state index is 0.0807. The molecule has 0 aliphatic carbocycles. The van der Waals surface area contributed by atoms with E-state index in [1.807, 2.05) is 0 Å². The van der Waals surface area contributed by atoms with Crippen LogP contribution in [-0.2, 0) is 19.2 Å². The van der Waals surface area contributed by atoms with Crippen LogP contribution >= 0.6 is 0 Å². The van der Waals surface area contributed by atoms with E-state index in [0.29, 0.717) is 24.3 Å². The summed E-state index contributed by atoms with van der Waals surface area (Å²) in [7, 11) is 0. The van der Waals surface area contributed by atoms with Gasteiger partial charge in [0, 0.05) is 32.5 Å². The number of nitrogens with zero attached hydrogens (tertiary/aromatic N) is 1. The van der Waals surface area contributed by atoms with Crippen LogP contribution in [0.5, 0.6) is 0 Å². The summed E-state index contributed by atoms with van der Waals surface area (Å²) in [5, 5.41) is 18.3. The number of hydrogen-bond acceptors (Lipinski definition) is 6. The van der Waals surface area contributed by atoms with E-state index >= 15 is 0 Å². The second-order valence-electron chi connectivity index (χ2n) is 5.18. The predicted octanol–water partition coefficient (Wildman–Crippen LogP) is 0.535. The molecule has 21 heavy (non-hydrogen) atoms. The van der Waals surface area contributed by atoms with Crippen molar-refractivity contribution in [2.45, 2.75) is 51.4 Å². The maximum Gasteiger partial charge on any atom is 0.333 e. The Morgan fingerprint density at radius 3 is 2.24 bits per heavy atom. The molecule has 7 heteroatoms. The summed E-state index contributed by atoms with van der Waals surface area (Å²) in [6, 6.07) is 0. The van der Waals surface area contributed by atoms with Gasteiger partial charge in [-0.1, -0.05) is 0 Å². The quantitative estimate of drug-likeness (QED) is 0.571. The first-order valence-corrected chi connectivity index (χ1v) is 7.36. The molecule has 1 rings (SSSR count). The van der Waals surface area contributed by atoms with E-state index in [0.717, 1.165) is 12.8 Å². The molecule has 1 heterocycles. The molecule has 1 atom stereocenters. The van der Waals surface area contributed by atoms with E-state index in [1.165, 1.54) is 0 Å². The Morgan fingerprint density at radius 1 is 1.05 bits per heavy atom. The van der Waals surface area contributed by atoms with Gasteiger partial charge in [0.05, 0.1) is 0 Å². The average Bonchev–Trinajstić information content (AvgIpc) is 2.76. The maximum atomic E-state index is 11.6. The topological polar surface area (TPSA) is 104 Å². The SMILES string of the molecule is O=C(CCCC(CCO)CCCO)ON1C(=O)CCC1=O. The molecule has 0 saturated carbocycles. The molecule has 1 fully saturated rings. The highest BCUT2D eigenvalue weighted by molar-refractivity contribution is 6.01. The Morgan fingerprint density at radius 2 is 1.67 bits per heavy atom. The molecule has 0 bridgehead atoms. The molecule has 0 aromatic carbocycles. The van der Waals surface area contributed by atoms with Crippen LogP contribution in [0.2, 0.25) is 0 Å². The Kier molecular flexibility index (Phi) is 7.92. The minimum Gasteiger partial charge on any atom is -0.396 e. The van der Waals surface area contributed by atoms with Crippen molar-refractivity contribution in [3.8, 4) is 0 Å².